The molecule has 1 aromatic rings. The van der Waals surface area contributed by atoms with E-state index in [1.54, 1.807) is 13.8 Å². The van der Waals surface area contributed by atoms with Gasteiger partial charge in [-0.15, -0.1) is 0 Å². The van der Waals surface area contributed by atoms with Gasteiger partial charge in [0, 0.05) is 25.7 Å². The van der Waals surface area contributed by atoms with Crippen LogP contribution in [0.2, 0.25) is 0 Å². The zero-order valence-electron chi connectivity index (χ0n) is 12.6. The quantitative estimate of drug-likeness (QED) is 0.792. The van der Waals surface area contributed by atoms with E-state index in [4.69, 9.17) is 9.47 Å². The Morgan fingerprint density at radius 3 is 2.27 bits per heavy atom. The molecule has 6 heteroatoms. The Kier molecular flexibility index (Phi) is 4.44. The molecule has 0 saturated carbocycles. The van der Waals surface area contributed by atoms with Crippen LogP contribution >= 0.6 is 0 Å². The van der Waals surface area contributed by atoms with Crippen LogP contribution in [-0.2, 0) is 20.4 Å². The summed E-state index contributed by atoms with van der Waals surface area (Å²) in [6, 6.07) is 4.54. The first-order chi connectivity index (χ1) is 10.2. The van der Waals surface area contributed by atoms with E-state index in [0.717, 1.165) is 17.7 Å². The minimum atomic E-state index is -4.40. The zero-order chi connectivity index (χ0) is 16.5. The molecule has 1 unspecified atom stereocenters. The minimum absolute atomic E-state index is 0.270. The largest absolute Gasteiger partial charge is 0.416 e. The van der Waals surface area contributed by atoms with Crippen LogP contribution in [0.25, 0.3) is 5.57 Å². The summed E-state index contributed by atoms with van der Waals surface area (Å²) in [4.78, 5) is 12.6. The number of hydrogen-bond acceptors (Lipinski definition) is 3. The topological polar surface area (TPSA) is 35.5 Å². The van der Waals surface area contributed by atoms with Crippen LogP contribution in [0.5, 0.6) is 0 Å². The predicted octanol–water partition coefficient (Wildman–Crippen LogP) is 3.83. The molecular weight excluding hydrogens is 297 g/mol. The Morgan fingerprint density at radius 2 is 1.82 bits per heavy atom. The summed E-state index contributed by atoms with van der Waals surface area (Å²) < 4.78 is 48.5. The molecule has 0 bridgehead atoms. The maximum Gasteiger partial charge on any atom is 0.416 e. The third-order valence-electron chi connectivity index (χ3n) is 3.71. The summed E-state index contributed by atoms with van der Waals surface area (Å²) in [5, 5.41) is 0. The molecule has 3 nitrogen and oxygen atoms in total. The van der Waals surface area contributed by atoms with E-state index in [9.17, 15) is 18.0 Å². The molecule has 0 spiro atoms. The van der Waals surface area contributed by atoms with Crippen molar-refractivity contribution in [2.45, 2.75) is 32.2 Å². The molecule has 0 aromatic heterocycles. The number of benzene rings is 1. The molecule has 0 amide bonds. The Hall–Kier alpha value is -1.66. The van der Waals surface area contributed by atoms with Gasteiger partial charge < -0.3 is 9.47 Å². The molecule has 22 heavy (non-hydrogen) atoms. The monoisotopic (exact) mass is 314 g/mol. The Morgan fingerprint density at radius 1 is 1.23 bits per heavy atom. The van der Waals surface area contributed by atoms with Crippen LogP contribution in [0.3, 0.4) is 0 Å². The van der Waals surface area contributed by atoms with Crippen molar-refractivity contribution in [1.29, 1.82) is 0 Å². The van der Waals surface area contributed by atoms with Gasteiger partial charge in [0.25, 0.3) is 0 Å². The molecule has 0 radical (unpaired) electrons. The third kappa shape index (κ3) is 2.80. The lowest BCUT2D eigenvalue weighted by Gasteiger charge is -2.26. The zero-order valence-corrected chi connectivity index (χ0v) is 12.6. The van der Waals surface area contributed by atoms with Gasteiger partial charge in [0.1, 0.15) is 0 Å². The molecule has 1 atom stereocenters. The Bertz CT molecular complexity index is 602. The molecule has 2 rings (SSSR count). The van der Waals surface area contributed by atoms with E-state index in [1.807, 2.05) is 0 Å². The van der Waals surface area contributed by atoms with Gasteiger partial charge >= 0.3 is 6.18 Å². The van der Waals surface area contributed by atoms with Crippen LogP contribution in [0.1, 0.15) is 31.4 Å². The fraction of sp³-hybridized carbons (Fsp3) is 0.438. The van der Waals surface area contributed by atoms with Crippen LogP contribution in [0, 0.1) is 0 Å². The summed E-state index contributed by atoms with van der Waals surface area (Å²) in [5.41, 5.74) is 0.793. The summed E-state index contributed by atoms with van der Waals surface area (Å²) in [6.07, 6.45) is -4.13. The average molecular weight is 314 g/mol. The first-order valence-electron chi connectivity index (χ1n) is 6.86. The minimum Gasteiger partial charge on any atom is -0.346 e. The number of alkyl halides is 3. The first-order valence-corrected chi connectivity index (χ1v) is 6.86. The number of hydrogen-bond donors (Lipinski definition) is 0. The van der Waals surface area contributed by atoms with Crippen molar-refractivity contribution in [3.8, 4) is 0 Å². The van der Waals surface area contributed by atoms with Crippen molar-refractivity contribution in [3.63, 3.8) is 0 Å². The predicted molar refractivity (Wildman–Crippen MR) is 75.0 cm³/mol. The number of carbonyl (C=O) groups excluding carboxylic acids is 1. The molecular formula is C16H17F3O3. The van der Waals surface area contributed by atoms with E-state index < -0.39 is 17.5 Å². The van der Waals surface area contributed by atoms with Crippen molar-refractivity contribution in [1.82, 2.24) is 0 Å². The number of carbonyl (C=O) groups is 1. The molecule has 1 aliphatic carbocycles. The summed E-state index contributed by atoms with van der Waals surface area (Å²) >= 11 is 0. The number of halogens is 3. The maximum absolute atomic E-state index is 12.6. The van der Waals surface area contributed by atoms with E-state index in [2.05, 4.69) is 0 Å². The van der Waals surface area contributed by atoms with Gasteiger partial charge in [0.05, 0.1) is 5.56 Å². The van der Waals surface area contributed by atoms with Crippen molar-refractivity contribution in [2.75, 3.05) is 13.7 Å². The molecule has 0 aliphatic heterocycles. The van der Waals surface area contributed by atoms with Crippen LogP contribution < -0.4 is 0 Å². The van der Waals surface area contributed by atoms with Crippen molar-refractivity contribution in [2.24, 2.45) is 0 Å². The van der Waals surface area contributed by atoms with Gasteiger partial charge in [-0.05, 0) is 31.5 Å². The molecule has 0 fully saturated rings. The lowest BCUT2D eigenvalue weighted by atomic mass is 9.99. The van der Waals surface area contributed by atoms with Gasteiger partial charge in [0.2, 0.25) is 11.6 Å². The molecule has 0 N–H and O–H groups in total. The summed E-state index contributed by atoms with van der Waals surface area (Å²) in [5.74, 6) is -1.72. The van der Waals surface area contributed by atoms with E-state index in [-0.39, 0.29) is 12.2 Å². The third-order valence-corrected chi connectivity index (χ3v) is 3.71. The second kappa shape index (κ2) is 5.85. The number of Topliss-reactive ketones (excluding diaryl/α,β-unsaturated/α-hetero) is 1. The van der Waals surface area contributed by atoms with Crippen LogP contribution in [0.15, 0.2) is 29.8 Å². The fourth-order valence-electron chi connectivity index (χ4n) is 2.68. The number of ether oxygens (including phenoxy) is 2. The van der Waals surface area contributed by atoms with Gasteiger partial charge in [0.15, 0.2) is 0 Å². The molecule has 1 aromatic carbocycles. The molecule has 120 valence electrons. The standard InChI is InChI=1S/C16H17F3O3/c1-4-22-15(21-3)9-10(2)13(14(15)20)11-5-7-12(8-6-11)16(17,18)19/h5-8H,4,9H2,1-3H3. The highest BCUT2D eigenvalue weighted by molar-refractivity contribution is 6.27. The first kappa shape index (κ1) is 16.7. The highest BCUT2D eigenvalue weighted by Gasteiger charge is 2.47. The SMILES string of the molecule is CCOC1(OC)CC(C)=C(c2ccc(C(F)(F)F)cc2)C1=O. The fourth-order valence-corrected chi connectivity index (χ4v) is 2.68. The van der Waals surface area contributed by atoms with E-state index in [0.29, 0.717) is 17.7 Å². The lowest BCUT2D eigenvalue weighted by molar-refractivity contribution is -0.207. The van der Waals surface area contributed by atoms with Crippen LogP contribution in [-0.4, -0.2) is 25.3 Å². The van der Waals surface area contributed by atoms with Gasteiger partial charge in [-0.1, -0.05) is 17.7 Å². The van der Waals surface area contributed by atoms with Crippen molar-refractivity contribution < 1.29 is 27.4 Å². The molecule has 0 saturated heterocycles. The highest BCUT2D eigenvalue weighted by atomic mass is 19.4. The normalized spacial score (nSPS) is 22.5. The number of rotatable bonds is 4. The Labute approximate surface area is 126 Å². The van der Waals surface area contributed by atoms with Crippen molar-refractivity contribution in [3.05, 3.63) is 41.0 Å². The average Bonchev–Trinajstić information content (AvgIpc) is 2.70. The molecule has 0 heterocycles. The van der Waals surface area contributed by atoms with Gasteiger partial charge in [-0.25, -0.2) is 0 Å². The number of ketones is 1. The number of methoxy groups -OCH3 is 1. The van der Waals surface area contributed by atoms with Crippen molar-refractivity contribution >= 4 is 11.4 Å². The maximum atomic E-state index is 12.6. The van der Waals surface area contributed by atoms with Gasteiger partial charge in [-0.3, -0.25) is 4.79 Å². The summed E-state index contributed by atoms with van der Waals surface area (Å²) in [7, 11) is 1.39. The Balaban J connectivity index is 2.37. The van der Waals surface area contributed by atoms with E-state index in [1.165, 1.54) is 19.2 Å². The highest BCUT2D eigenvalue weighted by Crippen LogP contribution is 2.40. The second-order valence-electron chi connectivity index (χ2n) is 5.13. The summed E-state index contributed by atoms with van der Waals surface area (Å²) in [6.45, 7) is 3.80. The second-order valence-corrected chi connectivity index (χ2v) is 5.13. The molecule has 1 aliphatic rings. The van der Waals surface area contributed by atoms with Gasteiger partial charge in [-0.2, -0.15) is 13.2 Å². The lowest BCUT2D eigenvalue weighted by Crippen LogP contribution is -2.40. The smallest absolute Gasteiger partial charge is 0.346 e. The van der Waals surface area contributed by atoms with E-state index >= 15 is 0 Å². The van der Waals surface area contributed by atoms with Crippen LogP contribution in [0.4, 0.5) is 13.2 Å².